The van der Waals surface area contributed by atoms with Crippen molar-refractivity contribution in [2.24, 2.45) is 0 Å². The number of anilines is 1. The minimum absolute atomic E-state index is 0.0695. The van der Waals surface area contributed by atoms with Gasteiger partial charge in [-0.3, -0.25) is 20.2 Å². The summed E-state index contributed by atoms with van der Waals surface area (Å²) in [7, 11) is 0. The number of halogens is 1. The maximum Gasteiger partial charge on any atom is 0.269 e. The molecule has 7 nitrogen and oxygen atoms in total. The lowest BCUT2D eigenvalue weighted by molar-refractivity contribution is -0.384. The van der Waals surface area contributed by atoms with Gasteiger partial charge in [-0.05, 0) is 24.3 Å². The number of nitrogens with one attached hydrogen (secondary N) is 1. The molecule has 0 radical (unpaired) electrons. The van der Waals surface area contributed by atoms with E-state index in [0.717, 1.165) is 10.0 Å². The Hall–Kier alpha value is -2.65. The summed E-state index contributed by atoms with van der Waals surface area (Å²) in [6, 6.07) is 12.9. The Morgan fingerprint density at radius 2 is 1.75 bits per heavy atom. The Morgan fingerprint density at radius 3 is 2.38 bits per heavy atom. The number of rotatable bonds is 4. The average molecular weight is 405 g/mol. The summed E-state index contributed by atoms with van der Waals surface area (Å²) in [4.78, 5) is 22.2. The highest BCUT2D eigenvalue weighted by Gasteiger charge is 2.13. The van der Waals surface area contributed by atoms with Gasteiger partial charge in [-0.2, -0.15) is 0 Å². The number of hydrogen-bond donors (Lipinski definition) is 1. The molecule has 9 heteroatoms. The van der Waals surface area contributed by atoms with Crippen LogP contribution in [0.2, 0.25) is 0 Å². The lowest BCUT2D eigenvalue weighted by atomic mass is 10.2. The summed E-state index contributed by atoms with van der Waals surface area (Å²) < 4.78 is 0.961. The highest BCUT2D eigenvalue weighted by molar-refractivity contribution is 9.10. The molecule has 120 valence electrons. The Balaban J connectivity index is 1.73. The molecular formula is C15H9BrN4O3S. The normalized spacial score (nSPS) is 10.4. The second kappa shape index (κ2) is 6.85. The third kappa shape index (κ3) is 3.63. The van der Waals surface area contributed by atoms with E-state index in [9.17, 15) is 14.9 Å². The van der Waals surface area contributed by atoms with Crippen molar-refractivity contribution in [3.05, 3.63) is 68.7 Å². The van der Waals surface area contributed by atoms with Gasteiger partial charge in [0.25, 0.3) is 11.6 Å². The molecule has 0 unspecified atom stereocenters. The number of aromatic nitrogens is 2. The van der Waals surface area contributed by atoms with Gasteiger partial charge in [0.05, 0.1) is 4.92 Å². The summed E-state index contributed by atoms with van der Waals surface area (Å²) in [6.07, 6.45) is 0. The molecule has 0 aliphatic rings. The molecule has 0 atom stereocenters. The number of carbonyl (C=O) groups is 1. The van der Waals surface area contributed by atoms with Crippen LogP contribution in [-0.4, -0.2) is 21.0 Å². The summed E-state index contributed by atoms with van der Waals surface area (Å²) in [5.41, 5.74) is 1.13. The van der Waals surface area contributed by atoms with Crippen molar-refractivity contribution in [2.45, 2.75) is 0 Å². The molecule has 24 heavy (non-hydrogen) atoms. The van der Waals surface area contributed by atoms with Crippen LogP contribution >= 0.6 is 27.3 Å². The molecule has 0 spiro atoms. The number of nitro groups is 1. The van der Waals surface area contributed by atoms with Crippen LogP contribution in [0.3, 0.4) is 0 Å². The number of amides is 1. The third-order valence-corrected chi connectivity index (χ3v) is 4.49. The van der Waals surface area contributed by atoms with Crippen LogP contribution in [0.25, 0.3) is 10.6 Å². The highest BCUT2D eigenvalue weighted by atomic mass is 79.9. The first kappa shape index (κ1) is 16.2. The van der Waals surface area contributed by atoms with Gasteiger partial charge in [0.2, 0.25) is 5.13 Å². The number of nitro benzene ring substituents is 1. The average Bonchev–Trinajstić information content (AvgIpc) is 3.04. The van der Waals surface area contributed by atoms with Gasteiger partial charge in [-0.15, -0.1) is 10.2 Å². The Labute approximate surface area is 148 Å². The van der Waals surface area contributed by atoms with E-state index in [1.165, 1.54) is 35.6 Å². The minimum atomic E-state index is -0.517. The van der Waals surface area contributed by atoms with Gasteiger partial charge in [0, 0.05) is 27.7 Å². The number of carbonyl (C=O) groups excluding carboxylic acids is 1. The predicted octanol–water partition coefficient (Wildman–Crippen LogP) is 4.13. The van der Waals surface area contributed by atoms with Crippen LogP contribution in [0.15, 0.2) is 53.0 Å². The Kier molecular flexibility index (Phi) is 4.63. The van der Waals surface area contributed by atoms with Gasteiger partial charge >= 0.3 is 0 Å². The van der Waals surface area contributed by atoms with E-state index in [-0.39, 0.29) is 5.69 Å². The summed E-state index contributed by atoms with van der Waals surface area (Å²) in [5.74, 6) is -0.400. The number of non-ortho nitro benzene ring substituents is 1. The zero-order valence-corrected chi connectivity index (χ0v) is 14.4. The van der Waals surface area contributed by atoms with E-state index in [1.54, 1.807) is 0 Å². The number of nitrogens with zero attached hydrogens (tertiary/aromatic N) is 3. The molecule has 1 N–H and O–H groups in total. The maximum atomic E-state index is 12.1. The molecule has 1 heterocycles. The second-order valence-electron chi connectivity index (χ2n) is 4.68. The molecule has 2 aromatic carbocycles. The molecule has 3 rings (SSSR count). The molecule has 0 bridgehead atoms. The second-order valence-corrected chi connectivity index (χ2v) is 6.57. The van der Waals surface area contributed by atoms with Crippen LogP contribution in [0, 0.1) is 10.1 Å². The molecule has 3 aromatic rings. The molecule has 0 aliphatic heterocycles. The Morgan fingerprint density at radius 1 is 1.08 bits per heavy atom. The largest absolute Gasteiger partial charge is 0.296 e. The first-order chi connectivity index (χ1) is 11.5. The fourth-order valence-corrected chi connectivity index (χ4v) is 2.90. The zero-order valence-electron chi connectivity index (χ0n) is 12.0. The van der Waals surface area contributed by atoms with E-state index in [2.05, 4.69) is 31.4 Å². The van der Waals surface area contributed by atoms with Crippen LogP contribution in [-0.2, 0) is 0 Å². The topological polar surface area (TPSA) is 98.0 Å². The lowest BCUT2D eigenvalue weighted by Crippen LogP contribution is -2.11. The monoisotopic (exact) mass is 404 g/mol. The van der Waals surface area contributed by atoms with Crippen LogP contribution in [0.4, 0.5) is 10.8 Å². The molecule has 1 aromatic heterocycles. The number of hydrogen-bond acceptors (Lipinski definition) is 6. The van der Waals surface area contributed by atoms with Crippen molar-refractivity contribution < 1.29 is 9.72 Å². The van der Waals surface area contributed by atoms with E-state index in [4.69, 9.17) is 0 Å². The summed E-state index contributed by atoms with van der Waals surface area (Å²) in [5, 5.41) is 22.3. The van der Waals surface area contributed by atoms with E-state index < -0.39 is 10.8 Å². The van der Waals surface area contributed by atoms with Crippen molar-refractivity contribution in [2.75, 3.05) is 5.32 Å². The number of benzene rings is 2. The molecule has 0 saturated carbocycles. The van der Waals surface area contributed by atoms with Crippen LogP contribution in [0.5, 0.6) is 0 Å². The highest BCUT2D eigenvalue weighted by Crippen LogP contribution is 2.27. The van der Waals surface area contributed by atoms with E-state index >= 15 is 0 Å². The summed E-state index contributed by atoms with van der Waals surface area (Å²) >= 11 is 4.61. The first-order valence-corrected chi connectivity index (χ1v) is 8.29. The quantitative estimate of drug-likeness (QED) is 0.520. The van der Waals surface area contributed by atoms with Crippen LogP contribution < -0.4 is 5.32 Å². The van der Waals surface area contributed by atoms with Crippen molar-refractivity contribution in [3.8, 4) is 10.6 Å². The Bertz CT molecular complexity index is 894. The smallest absolute Gasteiger partial charge is 0.269 e. The van der Waals surface area contributed by atoms with Gasteiger partial charge in [-0.25, -0.2) is 0 Å². The van der Waals surface area contributed by atoms with E-state index in [0.29, 0.717) is 15.7 Å². The fourth-order valence-electron chi connectivity index (χ4n) is 1.89. The van der Waals surface area contributed by atoms with Crippen molar-refractivity contribution in [3.63, 3.8) is 0 Å². The van der Waals surface area contributed by atoms with Gasteiger partial charge in [0.1, 0.15) is 5.01 Å². The van der Waals surface area contributed by atoms with Crippen molar-refractivity contribution >= 4 is 44.0 Å². The fraction of sp³-hybridized carbons (Fsp3) is 0. The van der Waals surface area contributed by atoms with Crippen molar-refractivity contribution in [1.82, 2.24) is 10.2 Å². The molecular weight excluding hydrogens is 396 g/mol. The standard InChI is InChI=1S/C15H9BrN4O3S/c16-11-5-1-10(2-6-11)14-18-19-15(24-14)17-13(21)9-3-7-12(8-4-9)20(22)23/h1-8H,(H,17,19,21). The SMILES string of the molecule is O=C(Nc1nnc(-c2ccc(Br)cc2)s1)c1ccc([N+](=O)[O-])cc1. The van der Waals surface area contributed by atoms with Crippen molar-refractivity contribution in [1.29, 1.82) is 0 Å². The molecule has 0 fully saturated rings. The molecule has 0 aliphatic carbocycles. The van der Waals surface area contributed by atoms with Gasteiger partial charge in [0.15, 0.2) is 0 Å². The lowest BCUT2D eigenvalue weighted by Gasteiger charge is -2.00. The zero-order chi connectivity index (χ0) is 17.1. The maximum absolute atomic E-state index is 12.1. The third-order valence-electron chi connectivity index (χ3n) is 3.08. The van der Waals surface area contributed by atoms with E-state index in [1.807, 2.05) is 24.3 Å². The summed E-state index contributed by atoms with van der Waals surface area (Å²) in [6.45, 7) is 0. The minimum Gasteiger partial charge on any atom is -0.296 e. The van der Waals surface area contributed by atoms with Gasteiger partial charge in [-0.1, -0.05) is 39.4 Å². The molecule has 0 saturated heterocycles. The van der Waals surface area contributed by atoms with Gasteiger partial charge < -0.3 is 0 Å². The molecule has 1 amide bonds. The first-order valence-electron chi connectivity index (χ1n) is 6.68. The predicted molar refractivity (Wildman–Crippen MR) is 94.1 cm³/mol. The van der Waals surface area contributed by atoms with Crippen LogP contribution in [0.1, 0.15) is 10.4 Å².